The number of methoxy groups -OCH3 is 1. The summed E-state index contributed by atoms with van der Waals surface area (Å²) in [6.07, 6.45) is 7.14. The Morgan fingerprint density at radius 3 is 2.84 bits per heavy atom. The average molecular weight is 426 g/mol. The zero-order valence-electron chi connectivity index (χ0n) is 18.3. The van der Waals surface area contributed by atoms with E-state index < -0.39 is 0 Å². The van der Waals surface area contributed by atoms with Crippen LogP contribution in [0.15, 0.2) is 42.6 Å². The van der Waals surface area contributed by atoms with Crippen LogP contribution in [0.1, 0.15) is 30.9 Å². The predicted octanol–water partition coefficient (Wildman–Crippen LogP) is 3.44. The van der Waals surface area contributed by atoms with Gasteiger partial charge >= 0.3 is 0 Å². The highest BCUT2D eigenvalue weighted by atomic mass is 16.5. The summed E-state index contributed by atoms with van der Waals surface area (Å²) in [5.74, 6) is 2.13. The van der Waals surface area contributed by atoms with Crippen molar-refractivity contribution in [1.29, 1.82) is 0 Å². The number of rotatable bonds is 10. The van der Waals surface area contributed by atoms with Gasteiger partial charge in [-0.05, 0) is 47.9 Å². The summed E-state index contributed by atoms with van der Waals surface area (Å²) in [5, 5.41) is 2.92. The predicted molar refractivity (Wildman–Crippen MR) is 122 cm³/mol. The van der Waals surface area contributed by atoms with Gasteiger partial charge in [-0.15, -0.1) is 0 Å². The molecule has 0 spiro atoms. The van der Waals surface area contributed by atoms with Crippen LogP contribution < -0.4 is 19.7 Å². The van der Waals surface area contributed by atoms with Crippen molar-refractivity contribution in [2.45, 2.75) is 26.3 Å². The topological polar surface area (TPSA) is 72.9 Å². The summed E-state index contributed by atoms with van der Waals surface area (Å²) in [7, 11) is 1.61. The Morgan fingerprint density at radius 2 is 2.06 bits per heavy atom. The first-order valence-corrected chi connectivity index (χ1v) is 10.7. The molecule has 1 aromatic heterocycles. The van der Waals surface area contributed by atoms with Gasteiger partial charge in [-0.25, -0.2) is 4.98 Å². The Kier molecular flexibility index (Phi) is 8.72. The van der Waals surface area contributed by atoms with Gasteiger partial charge in [0.15, 0.2) is 11.5 Å². The van der Waals surface area contributed by atoms with Crippen molar-refractivity contribution >= 4 is 17.8 Å². The van der Waals surface area contributed by atoms with Crippen molar-refractivity contribution in [3.05, 3.63) is 53.7 Å². The maximum Gasteiger partial charge on any atom is 0.244 e. The summed E-state index contributed by atoms with van der Waals surface area (Å²) in [6.45, 7) is 6.31. The van der Waals surface area contributed by atoms with E-state index in [1.54, 1.807) is 19.4 Å². The Bertz CT molecular complexity index is 879. The molecule has 1 fully saturated rings. The molecule has 31 heavy (non-hydrogen) atoms. The largest absolute Gasteiger partial charge is 0.493 e. The summed E-state index contributed by atoms with van der Waals surface area (Å²) in [4.78, 5) is 18.9. The van der Waals surface area contributed by atoms with Crippen molar-refractivity contribution in [3.63, 3.8) is 0 Å². The van der Waals surface area contributed by atoms with Crippen LogP contribution in [0.5, 0.6) is 11.5 Å². The number of amides is 1. The van der Waals surface area contributed by atoms with Crippen molar-refractivity contribution in [2.24, 2.45) is 0 Å². The van der Waals surface area contributed by atoms with Crippen LogP contribution in [-0.2, 0) is 16.1 Å². The van der Waals surface area contributed by atoms with E-state index in [2.05, 4.69) is 22.1 Å². The molecule has 2 heterocycles. The second kappa shape index (κ2) is 12.0. The Morgan fingerprint density at radius 1 is 1.23 bits per heavy atom. The molecule has 2 aromatic rings. The fourth-order valence-corrected chi connectivity index (χ4v) is 3.19. The number of pyridine rings is 1. The highest BCUT2D eigenvalue weighted by Gasteiger charge is 2.12. The molecule has 0 atom stereocenters. The number of nitrogens with zero attached hydrogens (tertiary/aromatic N) is 2. The second-order valence-corrected chi connectivity index (χ2v) is 7.29. The van der Waals surface area contributed by atoms with Gasteiger partial charge in [-0.2, -0.15) is 0 Å². The minimum atomic E-state index is -0.160. The fraction of sp³-hybridized carbons (Fsp3) is 0.417. The lowest BCUT2D eigenvalue weighted by molar-refractivity contribution is -0.116. The number of ether oxygens (including phenoxy) is 3. The Balaban J connectivity index is 1.53. The van der Waals surface area contributed by atoms with E-state index in [1.165, 1.54) is 6.08 Å². The highest BCUT2D eigenvalue weighted by molar-refractivity contribution is 5.91. The zero-order chi connectivity index (χ0) is 21.9. The summed E-state index contributed by atoms with van der Waals surface area (Å²) in [5.41, 5.74) is 1.88. The first kappa shape index (κ1) is 22.6. The van der Waals surface area contributed by atoms with Crippen molar-refractivity contribution in [2.75, 3.05) is 44.9 Å². The third-order valence-electron chi connectivity index (χ3n) is 4.98. The number of carbonyl (C=O) groups excluding carboxylic acids is 1. The van der Waals surface area contributed by atoms with Crippen LogP contribution in [0, 0.1) is 0 Å². The third kappa shape index (κ3) is 7.00. The summed E-state index contributed by atoms with van der Waals surface area (Å²) < 4.78 is 16.5. The van der Waals surface area contributed by atoms with E-state index in [9.17, 15) is 4.79 Å². The van der Waals surface area contributed by atoms with Crippen LogP contribution in [0.2, 0.25) is 0 Å². The van der Waals surface area contributed by atoms with Crippen LogP contribution in [0.4, 0.5) is 5.82 Å². The molecule has 1 amide bonds. The van der Waals surface area contributed by atoms with Crippen LogP contribution in [-0.4, -0.2) is 50.9 Å². The molecule has 0 unspecified atom stereocenters. The minimum absolute atomic E-state index is 0.160. The highest BCUT2D eigenvalue weighted by Crippen LogP contribution is 2.28. The molecule has 0 aliphatic carbocycles. The standard InChI is InChI=1S/C24H31N3O4/c1-3-4-13-31-21-7-5-19(16-22(21)29-2)6-8-24(28)26-18-20-9-10-25-23(17-20)27-11-14-30-15-12-27/h5-10,16-17H,3-4,11-15,18H2,1-2H3,(H,26,28)/b8-6+. The maximum atomic E-state index is 12.3. The van der Waals surface area contributed by atoms with E-state index in [4.69, 9.17) is 14.2 Å². The van der Waals surface area contributed by atoms with Crippen molar-refractivity contribution in [3.8, 4) is 11.5 Å². The molecular formula is C24H31N3O4. The number of nitrogens with one attached hydrogen (secondary N) is 1. The van der Waals surface area contributed by atoms with E-state index in [0.717, 1.165) is 42.9 Å². The molecule has 1 aliphatic heterocycles. The monoisotopic (exact) mass is 425 g/mol. The first-order chi connectivity index (χ1) is 15.2. The van der Waals surface area contributed by atoms with Crippen molar-refractivity contribution in [1.82, 2.24) is 10.3 Å². The molecule has 3 rings (SSSR count). The molecule has 7 nitrogen and oxygen atoms in total. The molecule has 166 valence electrons. The van der Waals surface area contributed by atoms with Gasteiger partial charge in [-0.1, -0.05) is 19.4 Å². The van der Waals surface area contributed by atoms with E-state index in [0.29, 0.717) is 37.9 Å². The Hall–Kier alpha value is -3.06. The van der Waals surface area contributed by atoms with Gasteiger partial charge in [0.05, 0.1) is 26.9 Å². The van der Waals surface area contributed by atoms with Gasteiger partial charge in [0.25, 0.3) is 0 Å². The number of hydrogen-bond acceptors (Lipinski definition) is 6. The van der Waals surface area contributed by atoms with E-state index in [-0.39, 0.29) is 5.91 Å². The van der Waals surface area contributed by atoms with Crippen LogP contribution in [0.25, 0.3) is 6.08 Å². The zero-order valence-corrected chi connectivity index (χ0v) is 18.3. The number of unbranched alkanes of at least 4 members (excludes halogenated alkanes) is 1. The number of morpholine rings is 1. The van der Waals surface area contributed by atoms with Crippen molar-refractivity contribution < 1.29 is 19.0 Å². The van der Waals surface area contributed by atoms with Gasteiger partial charge in [-0.3, -0.25) is 4.79 Å². The lowest BCUT2D eigenvalue weighted by Gasteiger charge is -2.28. The molecule has 0 bridgehead atoms. The van der Waals surface area contributed by atoms with Crippen LogP contribution >= 0.6 is 0 Å². The Labute approximate surface area is 184 Å². The molecule has 1 aliphatic rings. The minimum Gasteiger partial charge on any atom is -0.493 e. The number of carbonyl (C=O) groups is 1. The molecule has 0 radical (unpaired) electrons. The fourth-order valence-electron chi connectivity index (χ4n) is 3.19. The molecular weight excluding hydrogens is 394 g/mol. The third-order valence-corrected chi connectivity index (χ3v) is 4.98. The first-order valence-electron chi connectivity index (χ1n) is 10.7. The number of hydrogen-bond donors (Lipinski definition) is 1. The van der Waals surface area contributed by atoms with Crippen LogP contribution in [0.3, 0.4) is 0 Å². The lowest BCUT2D eigenvalue weighted by Crippen LogP contribution is -2.36. The van der Waals surface area contributed by atoms with Gasteiger partial charge in [0.2, 0.25) is 5.91 Å². The normalized spacial score (nSPS) is 13.9. The van der Waals surface area contributed by atoms with Gasteiger partial charge in [0.1, 0.15) is 5.82 Å². The quantitative estimate of drug-likeness (QED) is 0.464. The van der Waals surface area contributed by atoms with Gasteiger partial charge in [0, 0.05) is 31.9 Å². The molecule has 7 heteroatoms. The number of aromatic nitrogens is 1. The lowest BCUT2D eigenvalue weighted by atomic mass is 10.2. The van der Waals surface area contributed by atoms with E-state index >= 15 is 0 Å². The summed E-state index contributed by atoms with van der Waals surface area (Å²) in [6, 6.07) is 9.57. The smallest absolute Gasteiger partial charge is 0.244 e. The maximum absolute atomic E-state index is 12.3. The number of anilines is 1. The van der Waals surface area contributed by atoms with E-state index in [1.807, 2.05) is 30.3 Å². The van der Waals surface area contributed by atoms with Gasteiger partial charge < -0.3 is 24.4 Å². The molecule has 1 aromatic carbocycles. The molecule has 0 saturated carbocycles. The second-order valence-electron chi connectivity index (χ2n) is 7.29. The molecule has 1 N–H and O–H groups in total. The molecule has 1 saturated heterocycles. The summed E-state index contributed by atoms with van der Waals surface area (Å²) >= 11 is 0. The SMILES string of the molecule is CCCCOc1ccc(/C=C/C(=O)NCc2ccnc(N3CCOCC3)c2)cc1OC. The number of benzene rings is 1. The average Bonchev–Trinajstić information content (AvgIpc) is 2.82.